The van der Waals surface area contributed by atoms with E-state index in [1.165, 1.54) is 7.11 Å². The number of esters is 1. The van der Waals surface area contributed by atoms with Crippen molar-refractivity contribution in [3.8, 4) is 11.1 Å². The second-order valence-electron chi connectivity index (χ2n) is 13.8. The van der Waals surface area contributed by atoms with E-state index in [0.717, 1.165) is 11.1 Å². The van der Waals surface area contributed by atoms with Crippen LogP contribution in [0.4, 0.5) is 0 Å². The van der Waals surface area contributed by atoms with Crippen molar-refractivity contribution in [2.24, 2.45) is 11.8 Å². The number of benzene rings is 4. The molecule has 0 aliphatic rings. The van der Waals surface area contributed by atoms with Gasteiger partial charge in [-0.25, -0.2) is 9.59 Å². The summed E-state index contributed by atoms with van der Waals surface area (Å²) in [4.78, 5) is 79.9. The van der Waals surface area contributed by atoms with E-state index in [1.54, 1.807) is 100 Å². The first kappa shape index (κ1) is 41.5. The zero-order chi connectivity index (χ0) is 40.1. The number of hydrogen-bond donors (Lipinski definition) is 5. The molecule has 12 heteroatoms. The molecule has 0 bridgehead atoms. The summed E-state index contributed by atoms with van der Waals surface area (Å²) >= 11 is 0. The summed E-state index contributed by atoms with van der Waals surface area (Å²) in [6, 6.07) is 27.0. The van der Waals surface area contributed by atoms with Crippen LogP contribution in [0.5, 0.6) is 0 Å². The number of carboxylic acids is 1. The topological polar surface area (TPSA) is 180 Å². The summed E-state index contributed by atoms with van der Waals surface area (Å²) in [7, 11) is 1.24. The average molecular weight is 749 g/mol. The lowest BCUT2D eigenvalue weighted by Gasteiger charge is -2.25. The Morgan fingerprint density at radius 1 is 0.527 bits per heavy atom. The Bertz CT molecular complexity index is 1970. The predicted molar refractivity (Wildman–Crippen MR) is 208 cm³/mol. The molecule has 288 valence electrons. The van der Waals surface area contributed by atoms with Crippen LogP contribution in [-0.4, -0.2) is 72.0 Å². The van der Waals surface area contributed by atoms with Crippen molar-refractivity contribution < 1.29 is 38.6 Å². The molecule has 4 atom stereocenters. The zero-order valence-corrected chi connectivity index (χ0v) is 31.6. The molecule has 0 spiro atoms. The molecule has 0 unspecified atom stereocenters. The first-order valence-corrected chi connectivity index (χ1v) is 18.1. The van der Waals surface area contributed by atoms with Gasteiger partial charge in [0.15, 0.2) is 0 Å². The summed E-state index contributed by atoms with van der Waals surface area (Å²) in [5.41, 5.74) is 2.61. The molecule has 55 heavy (non-hydrogen) atoms. The summed E-state index contributed by atoms with van der Waals surface area (Å²) in [5, 5.41) is 20.7. The number of methoxy groups -OCH3 is 1. The first-order valence-electron chi connectivity index (χ1n) is 18.1. The third-order valence-corrected chi connectivity index (χ3v) is 9.09. The zero-order valence-electron chi connectivity index (χ0n) is 31.6. The Kier molecular flexibility index (Phi) is 14.8. The summed E-state index contributed by atoms with van der Waals surface area (Å²) in [6.07, 6.45) is 0.207. The van der Waals surface area contributed by atoms with Crippen LogP contribution in [0.1, 0.15) is 59.5 Å². The van der Waals surface area contributed by atoms with E-state index in [-0.39, 0.29) is 29.9 Å². The van der Waals surface area contributed by atoms with Crippen molar-refractivity contribution >= 4 is 35.6 Å². The molecule has 4 rings (SSSR count). The van der Waals surface area contributed by atoms with Crippen LogP contribution in [0.2, 0.25) is 0 Å². The van der Waals surface area contributed by atoms with E-state index >= 15 is 0 Å². The molecular formula is C43H48N4O8. The lowest BCUT2D eigenvalue weighted by atomic mass is 9.93. The third-order valence-electron chi connectivity index (χ3n) is 9.09. The lowest BCUT2D eigenvalue weighted by molar-refractivity contribution is -0.146. The predicted octanol–water partition coefficient (Wildman–Crippen LogP) is 4.58. The summed E-state index contributed by atoms with van der Waals surface area (Å²) < 4.78 is 4.90. The van der Waals surface area contributed by atoms with Crippen LogP contribution in [0.15, 0.2) is 109 Å². The highest BCUT2D eigenvalue weighted by molar-refractivity contribution is 6.08. The van der Waals surface area contributed by atoms with E-state index in [0.29, 0.717) is 11.1 Å². The van der Waals surface area contributed by atoms with E-state index < -0.39 is 65.7 Å². The Balaban J connectivity index is 1.66. The number of rotatable bonds is 17. The lowest BCUT2D eigenvalue weighted by Crippen LogP contribution is -2.54. The van der Waals surface area contributed by atoms with E-state index in [2.05, 4.69) is 21.3 Å². The van der Waals surface area contributed by atoms with Gasteiger partial charge in [-0.2, -0.15) is 0 Å². The highest BCUT2D eigenvalue weighted by Gasteiger charge is 2.32. The van der Waals surface area contributed by atoms with Crippen LogP contribution < -0.4 is 21.3 Å². The standard InChI is InChI=1S/C43H48N4O8/c1-26(2)36(42(52)53)46-40(50)34(24-28-16-8-6-9-17-28)44-38(48)32-22-14-12-20-30(32)31-21-13-15-23-33(31)39(49)45-35(25-29-18-10-7-11-19-29)41(51)47-37(27(3)4)43(54)55-5/h6-23,26-27,34-37H,24-25H2,1-5H3,(H,44,48)(H,45,49)(H,46,50)(H,47,51)(H,52,53)/t34-,35-,36-,37-/m0/s1. The molecule has 0 saturated carbocycles. The Labute approximate surface area is 321 Å². The SMILES string of the molecule is COC(=O)[C@@H](NC(=O)[C@H](Cc1ccccc1)NC(=O)c1ccccc1-c1ccccc1C(=O)N[C@@H](Cc1ccccc1)C(=O)N[C@H](C(=O)O)C(C)C)C(C)C. The fourth-order valence-electron chi connectivity index (χ4n) is 6.07. The minimum Gasteiger partial charge on any atom is -0.480 e. The van der Waals surface area contributed by atoms with Gasteiger partial charge in [0, 0.05) is 24.0 Å². The molecule has 5 N–H and O–H groups in total. The largest absolute Gasteiger partial charge is 0.480 e. The van der Waals surface area contributed by atoms with Gasteiger partial charge in [0.05, 0.1) is 7.11 Å². The number of ether oxygens (including phenoxy) is 1. The number of carbonyl (C=O) groups is 6. The number of carbonyl (C=O) groups excluding carboxylic acids is 5. The van der Waals surface area contributed by atoms with Gasteiger partial charge < -0.3 is 31.1 Å². The van der Waals surface area contributed by atoms with Crippen molar-refractivity contribution in [1.82, 2.24) is 21.3 Å². The molecule has 0 heterocycles. The second kappa shape index (κ2) is 19.7. The maximum Gasteiger partial charge on any atom is 0.328 e. The Hall–Kier alpha value is -6.30. The number of carboxylic acid groups (broad SMARTS) is 1. The molecule has 12 nitrogen and oxygen atoms in total. The smallest absolute Gasteiger partial charge is 0.328 e. The van der Waals surface area contributed by atoms with Gasteiger partial charge in [0.2, 0.25) is 11.8 Å². The summed E-state index contributed by atoms with van der Waals surface area (Å²) in [5.74, 6) is -4.98. The normalized spacial score (nSPS) is 13.1. The van der Waals surface area contributed by atoms with Gasteiger partial charge in [-0.3, -0.25) is 19.2 Å². The molecule has 0 radical (unpaired) electrons. The fourth-order valence-corrected chi connectivity index (χ4v) is 6.07. The van der Waals surface area contributed by atoms with Crippen LogP contribution in [0.25, 0.3) is 11.1 Å². The number of hydrogen-bond acceptors (Lipinski definition) is 7. The number of amides is 4. The van der Waals surface area contributed by atoms with Crippen LogP contribution in [0.3, 0.4) is 0 Å². The van der Waals surface area contributed by atoms with Gasteiger partial charge in [0.25, 0.3) is 11.8 Å². The van der Waals surface area contributed by atoms with Crippen molar-refractivity contribution in [2.75, 3.05) is 7.11 Å². The highest BCUT2D eigenvalue weighted by Crippen LogP contribution is 2.28. The van der Waals surface area contributed by atoms with Crippen molar-refractivity contribution in [3.05, 3.63) is 131 Å². The van der Waals surface area contributed by atoms with Crippen LogP contribution in [0, 0.1) is 11.8 Å². The average Bonchev–Trinajstić information content (AvgIpc) is 3.18. The summed E-state index contributed by atoms with van der Waals surface area (Å²) in [6.45, 7) is 6.89. The van der Waals surface area contributed by atoms with Gasteiger partial charge in [-0.05, 0) is 46.2 Å². The van der Waals surface area contributed by atoms with Gasteiger partial charge in [0.1, 0.15) is 24.2 Å². The highest BCUT2D eigenvalue weighted by atomic mass is 16.5. The molecule has 0 aliphatic heterocycles. The van der Waals surface area contributed by atoms with E-state index in [1.807, 2.05) is 36.4 Å². The number of nitrogens with one attached hydrogen (secondary N) is 4. The monoisotopic (exact) mass is 748 g/mol. The molecule has 4 amide bonds. The Morgan fingerprint density at radius 2 is 0.891 bits per heavy atom. The first-order chi connectivity index (χ1) is 26.3. The molecule has 0 aliphatic carbocycles. The van der Waals surface area contributed by atoms with Crippen molar-refractivity contribution in [2.45, 2.75) is 64.7 Å². The maximum atomic E-state index is 14.1. The van der Waals surface area contributed by atoms with E-state index in [4.69, 9.17) is 4.74 Å². The fraction of sp³-hybridized carbons (Fsp3) is 0.302. The van der Waals surface area contributed by atoms with E-state index in [9.17, 15) is 33.9 Å². The minimum atomic E-state index is -1.19. The molecule has 4 aromatic rings. The third kappa shape index (κ3) is 11.3. The maximum absolute atomic E-state index is 14.1. The molecule has 0 fully saturated rings. The quantitative estimate of drug-likeness (QED) is 0.0975. The van der Waals surface area contributed by atoms with Crippen LogP contribution >= 0.6 is 0 Å². The van der Waals surface area contributed by atoms with Gasteiger partial charge in [-0.15, -0.1) is 0 Å². The minimum absolute atomic E-state index is 0.0858. The molecular weight excluding hydrogens is 700 g/mol. The Morgan fingerprint density at radius 3 is 1.25 bits per heavy atom. The van der Waals surface area contributed by atoms with Crippen LogP contribution in [-0.2, 0) is 36.8 Å². The second-order valence-corrected chi connectivity index (χ2v) is 13.8. The van der Waals surface area contributed by atoms with Crippen molar-refractivity contribution in [3.63, 3.8) is 0 Å². The molecule has 4 aromatic carbocycles. The van der Waals surface area contributed by atoms with Gasteiger partial charge >= 0.3 is 11.9 Å². The molecule has 0 aromatic heterocycles. The van der Waals surface area contributed by atoms with Crippen molar-refractivity contribution in [1.29, 1.82) is 0 Å². The number of aliphatic carboxylic acids is 1. The molecule has 0 saturated heterocycles. The van der Waals surface area contributed by atoms with Gasteiger partial charge in [-0.1, -0.05) is 125 Å².